The van der Waals surface area contributed by atoms with E-state index in [1.165, 1.54) is 0 Å². The highest BCUT2D eigenvalue weighted by Gasteiger charge is 2.12. The third kappa shape index (κ3) is 2.35. The minimum Gasteiger partial charge on any atom is -0.321 e. The van der Waals surface area contributed by atoms with Crippen molar-refractivity contribution in [3.63, 3.8) is 0 Å². The van der Waals surface area contributed by atoms with Crippen LogP contribution in [0.4, 0.5) is 5.69 Å². The van der Waals surface area contributed by atoms with E-state index in [0.29, 0.717) is 21.3 Å². The Bertz CT molecular complexity index is 798. The molecule has 1 amide bonds. The number of fused-ring (bicyclic) bond motifs is 1. The summed E-state index contributed by atoms with van der Waals surface area (Å²) >= 11 is 11.9. The number of pyridine rings is 1. The zero-order chi connectivity index (χ0) is 14.1. The number of carbonyl (C=O) groups is 1. The Balaban J connectivity index is 1.95. The highest BCUT2D eigenvalue weighted by Crippen LogP contribution is 2.26. The van der Waals surface area contributed by atoms with Crippen LogP contribution in [0.15, 0.2) is 48.8 Å². The molecule has 2 heterocycles. The molecule has 0 saturated heterocycles. The lowest BCUT2D eigenvalue weighted by molar-refractivity contribution is 0.102. The van der Waals surface area contributed by atoms with Gasteiger partial charge in [-0.15, -0.1) is 0 Å². The Morgan fingerprint density at radius 3 is 2.85 bits per heavy atom. The van der Waals surface area contributed by atoms with E-state index in [9.17, 15) is 4.79 Å². The van der Waals surface area contributed by atoms with Gasteiger partial charge in [-0.3, -0.25) is 4.79 Å². The summed E-state index contributed by atoms with van der Waals surface area (Å²) in [5.74, 6) is -0.250. The van der Waals surface area contributed by atoms with Crippen molar-refractivity contribution in [2.24, 2.45) is 0 Å². The van der Waals surface area contributed by atoms with Crippen LogP contribution in [0.5, 0.6) is 0 Å². The molecular weight excluding hydrogens is 297 g/mol. The van der Waals surface area contributed by atoms with Crippen LogP contribution < -0.4 is 5.32 Å². The van der Waals surface area contributed by atoms with Crippen molar-refractivity contribution in [1.82, 2.24) is 9.61 Å². The first-order valence-electron chi connectivity index (χ1n) is 5.84. The molecule has 2 aromatic heterocycles. The van der Waals surface area contributed by atoms with E-state index in [2.05, 4.69) is 10.4 Å². The van der Waals surface area contributed by atoms with Crippen LogP contribution in [0.3, 0.4) is 0 Å². The zero-order valence-corrected chi connectivity index (χ0v) is 11.7. The SMILES string of the molecule is O=C(Nc1ccc(Cl)cc1Cl)c1cccn2nccc12. The van der Waals surface area contributed by atoms with Crippen LogP contribution in [0.2, 0.25) is 10.0 Å². The van der Waals surface area contributed by atoms with E-state index < -0.39 is 0 Å². The minimum atomic E-state index is -0.250. The summed E-state index contributed by atoms with van der Waals surface area (Å²) in [7, 11) is 0. The van der Waals surface area contributed by atoms with Crippen LogP contribution in [0.1, 0.15) is 10.4 Å². The van der Waals surface area contributed by atoms with Gasteiger partial charge in [0.1, 0.15) is 0 Å². The van der Waals surface area contributed by atoms with Gasteiger partial charge in [0.2, 0.25) is 0 Å². The minimum absolute atomic E-state index is 0.250. The van der Waals surface area contributed by atoms with Gasteiger partial charge in [0, 0.05) is 11.2 Å². The average molecular weight is 306 g/mol. The first kappa shape index (κ1) is 13.0. The summed E-state index contributed by atoms with van der Waals surface area (Å²) in [4.78, 5) is 12.3. The summed E-state index contributed by atoms with van der Waals surface area (Å²) in [6, 6.07) is 10.2. The van der Waals surface area contributed by atoms with E-state index in [-0.39, 0.29) is 5.91 Å². The maximum atomic E-state index is 12.3. The summed E-state index contributed by atoms with van der Waals surface area (Å²) in [5, 5.41) is 7.77. The number of halogens is 2. The predicted molar refractivity (Wildman–Crippen MR) is 79.6 cm³/mol. The molecule has 0 aliphatic carbocycles. The van der Waals surface area contributed by atoms with Crippen LogP contribution >= 0.6 is 23.2 Å². The second kappa shape index (κ2) is 5.15. The monoisotopic (exact) mass is 305 g/mol. The molecule has 0 fully saturated rings. The highest BCUT2D eigenvalue weighted by atomic mass is 35.5. The van der Waals surface area contributed by atoms with Crippen molar-refractivity contribution < 1.29 is 4.79 Å². The molecule has 4 nitrogen and oxygen atoms in total. The smallest absolute Gasteiger partial charge is 0.257 e. The zero-order valence-electron chi connectivity index (χ0n) is 10.2. The predicted octanol–water partition coefficient (Wildman–Crippen LogP) is 3.89. The second-order valence-corrected chi connectivity index (χ2v) is 5.00. The summed E-state index contributed by atoms with van der Waals surface area (Å²) < 4.78 is 1.64. The number of carbonyl (C=O) groups excluding carboxylic acids is 1. The second-order valence-electron chi connectivity index (χ2n) is 4.16. The van der Waals surface area contributed by atoms with Gasteiger partial charge in [0.05, 0.1) is 28.0 Å². The van der Waals surface area contributed by atoms with Gasteiger partial charge in [-0.1, -0.05) is 23.2 Å². The fraction of sp³-hybridized carbons (Fsp3) is 0. The molecule has 1 N–H and O–H groups in total. The first-order chi connectivity index (χ1) is 9.65. The molecule has 100 valence electrons. The molecule has 1 aromatic carbocycles. The third-order valence-electron chi connectivity index (χ3n) is 2.86. The molecular formula is C14H9Cl2N3O. The number of hydrogen-bond acceptors (Lipinski definition) is 2. The average Bonchev–Trinajstić information content (AvgIpc) is 2.90. The third-order valence-corrected chi connectivity index (χ3v) is 3.41. The Kier molecular flexibility index (Phi) is 3.34. The molecule has 6 heteroatoms. The Morgan fingerprint density at radius 1 is 1.20 bits per heavy atom. The number of rotatable bonds is 2. The van der Waals surface area contributed by atoms with Crippen LogP contribution in [-0.2, 0) is 0 Å². The fourth-order valence-corrected chi connectivity index (χ4v) is 2.38. The molecule has 3 rings (SSSR count). The van der Waals surface area contributed by atoms with Crippen molar-refractivity contribution >= 4 is 40.3 Å². The number of anilines is 1. The number of amides is 1. The summed E-state index contributed by atoms with van der Waals surface area (Å²) in [6.45, 7) is 0. The topological polar surface area (TPSA) is 46.4 Å². The summed E-state index contributed by atoms with van der Waals surface area (Å²) in [5.41, 5.74) is 1.77. The van der Waals surface area contributed by atoms with Crippen LogP contribution in [-0.4, -0.2) is 15.5 Å². The maximum absolute atomic E-state index is 12.3. The van der Waals surface area contributed by atoms with E-state index in [4.69, 9.17) is 23.2 Å². The van der Waals surface area contributed by atoms with E-state index in [0.717, 1.165) is 5.52 Å². The van der Waals surface area contributed by atoms with Gasteiger partial charge >= 0.3 is 0 Å². The quantitative estimate of drug-likeness (QED) is 0.780. The molecule has 20 heavy (non-hydrogen) atoms. The Labute approximate surface area is 124 Å². The number of nitrogens with zero attached hydrogens (tertiary/aromatic N) is 2. The van der Waals surface area contributed by atoms with Crippen LogP contribution in [0.25, 0.3) is 5.52 Å². The number of benzene rings is 1. The van der Waals surface area contributed by atoms with Gasteiger partial charge in [-0.2, -0.15) is 5.10 Å². The number of hydrogen-bond donors (Lipinski definition) is 1. The van der Waals surface area contributed by atoms with Gasteiger partial charge in [-0.25, -0.2) is 4.52 Å². The van der Waals surface area contributed by atoms with Crippen molar-refractivity contribution in [1.29, 1.82) is 0 Å². The standard InChI is InChI=1S/C14H9Cl2N3O/c15-9-3-4-12(11(16)8-9)18-14(20)10-2-1-7-19-13(10)5-6-17-19/h1-8H,(H,18,20). The van der Waals surface area contributed by atoms with Gasteiger partial charge in [0.15, 0.2) is 0 Å². The number of nitrogens with one attached hydrogen (secondary N) is 1. The van der Waals surface area contributed by atoms with Crippen LogP contribution in [0, 0.1) is 0 Å². The Hall–Kier alpha value is -2.04. The normalized spacial score (nSPS) is 10.7. The Morgan fingerprint density at radius 2 is 2.05 bits per heavy atom. The fourth-order valence-electron chi connectivity index (χ4n) is 1.92. The lowest BCUT2D eigenvalue weighted by Crippen LogP contribution is -2.13. The lowest BCUT2D eigenvalue weighted by Gasteiger charge is -2.08. The molecule has 0 saturated carbocycles. The first-order valence-corrected chi connectivity index (χ1v) is 6.59. The van der Waals surface area contributed by atoms with Crippen molar-refractivity contribution in [2.45, 2.75) is 0 Å². The molecule has 3 aromatic rings. The molecule has 0 radical (unpaired) electrons. The van der Waals surface area contributed by atoms with Crippen molar-refractivity contribution in [3.8, 4) is 0 Å². The lowest BCUT2D eigenvalue weighted by atomic mass is 10.2. The number of aromatic nitrogens is 2. The highest BCUT2D eigenvalue weighted by molar-refractivity contribution is 6.36. The molecule has 0 unspecified atom stereocenters. The summed E-state index contributed by atoms with van der Waals surface area (Å²) in [6.07, 6.45) is 3.42. The van der Waals surface area contributed by atoms with Gasteiger partial charge in [-0.05, 0) is 36.4 Å². The molecule has 0 spiro atoms. The van der Waals surface area contributed by atoms with E-state index in [1.54, 1.807) is 53.3 Å². The molecule has 0 bridgehead atoms. The maximum Gasteiger partial charge on any atom is 0.257 e. The van der Waals surface area contributed by atoms with E-state index >= 15 is 0 Å². The van der Waals surface area contributed by atoms with Crippen molar-refractivity contribution in [3.05, 3.63) is 64.4 Å². The van der Waals surface area contributed by atoms with Gasteiger partial charge < -0.3 is 5.32 Å². The molecule has 0 aliphatic heterocycles. The van der Waals surface area contributed by atoms with E-state index in [1.807, 2.05) is 0 Å². The van der Waals surface area contributed by atoms with Gasteiger partial charge in [0.25, 0.3) is 5.91 Å². The molecule has 0 atom stereocenters. The largest absolute Gasteiger partial charge is 0.321 e. The van der Waals surface area contributed by atoms with Crippen molar-refractivity contribution in [2.75, 3.05) is 5.32 Å². The molecule has 0 aliphatic rings.